The zero-order valence-electron chi connectivity index (χ0n) is 11.3. The van der Waals surface area contributed by atoms with Crippen molar-refractivity contribution in [2.24, 2.45) is 0 Å². The van der Waals surface area contributed by atoms with Crippen LogP contribution in [-0.2, 0) is 4.79 Å². The molecule has 21 heavy (non-hydrogen) atoms. The summed E-state index contributed by atoms with van der Waals surface area (Å²) in [6, 6.07) is 12.4. The number of hydrogen-bond donors (Lipinski definition) is 2. The highest BCUT2D eigenvalue weighted by Gasteiger charge is 2.30. The Morgan fingerprint density at radius 1 is 1.29 bits per heavy atom. The molecule has 104 valence electrons. The van der Waals surface area contributed by atoms with Gasteiger partial charge in [0, 0.05) is 16.9 Å². The molecule has 5 heteroatoms. The van der Waals surface area contributed by atoms with Gasteiger partial charge in [-0.2, -0.15) is 5.26 Å². The number of benzene rings is 2. The van der Waals surface area contributed by atoms with Crippen LogP contribution in [-0.4, -0.2) is 5.91 Å². The van der Waals surface area contributed by atoms with Gasteiger partial charge in [-0.15, -0.1) is 0 Å². The summed E-state index contributed by atoms with van der Waals surface area (Å²) in [7, 11) is 0. The Hall–Kier alpha value is -2.51. The first kappa shape index (κ1) is 13.5. The van der Waals surface area contributed by atoms with Gasteiger partial charge in [0.25, 0.3) is 5.91 Å². The Morgan fingerprint density at radius 3 is 2.81 bits per heavy atom. The van der Waals surface area contributed by atoms with Gasteiger partial charge in [-0.3, -0.25) is 4.79 Å². The Morgan fingerprint density at radius 2 is 2.10 bits per heavy atom. The molecule has 0 aliphatic carbocycles. The number of nitrogens with one attached hydrogen (secondary N) is 2. The smallest absolute Gasteiger partial charge is 0.251 e. The van der Waals surface area contributed by atoms with Crippen molar-refractivity contribution in [1.82, 2.24) is 0 Å². The number of nitrogens with zero attached hydrogens (tertiary/aromatic N) is 1. The highest BCUT2D eigenvalue weighted by molar-refractivity contribution is 6.32. The lowest BCUT2D eigenvalue weighted by Crippen LogP contribution is -2.19. The standard InChI is InChI=1S/C16H12ClN3O/c1-9-2-5-14-12(6-9)15(16(21)20-14)19-11-4-3-10(8-18)13(17)7-11/h2-7,15,19H,1H3,(H,20,21). The second kappa shape index (κ2) is 5.12. The van der Waals surface area contributed by atoms with Gasteiger partial charge in [0.05, 0.1) is 10.6 Å². The van der Waals surface area contributed by atoms with Crippen LogP contribution in [0.25, 0.3) is 0 Å². The van der Waals surface area contributed by atoms with E-state index in [0.717, 1.165) is 16.8 Å². The third kappa shape index (κ3) is 2.44. The van der Waals surface area contributed by atoms with Gasteiger partial charge in [0.15, 0.2) is 0 Å². The Kier molecular flexibility index (Phi) is 3.28. The molecular weight excluding hydrogens is 286 g/mol. The molecule has 1 unspecified atom stereocenters. The van der Waals surface area contributed by atoms with Gasteiger partial charge >= 0.3 is 0 Å². The molecule has 0 radical (unpaired) electrons. The van der Waals surface area contributed by atoms with E-state index in [1.54, 1.807) is 18.2 Å². The van der Waals surface area contributed by atoms with Crippen LogP contribution in [0.2, 0.25) is 5.02 Å². The fourth-order valence-electron chi connectivity index (χ4n) is 2.39. The molecule has 0 saturated carbocycles. The molecule has 0 spiro atoms. The Bertz CT molecular complexity index is 780. The van der Waals surface area contributed by atoms with E-state index in [-0.39, 0.29) is 5.91 Å². The first-order valence-electron chi connectivity index (χ1n) is 6.46. The molecule has 1 amide bonds. The van der Waals surface area contributed by atoms with E-state index in [1.807, 2.05) is 31.2 Å². The zero-order valence-corrected chi connectivity index (χ0v) is 12.0. The Balaban J connectivity index is 1.93. The van der Waals surface area contributed by atoms with Crippen LogP contribution in [0.5, 0.6) is 0 Å². The summed E-state index contributed by atoms with van der Waals surface area (Å²) >= 11 is 6.01. The molecule has 1 atom stereocenters. The number of carbonyl (C=O) groups is 1. The van der Waals surface area contributed by atoms with Crippen molar-refractivity contribution in [2.75, 3.05) is 10.6 Å². The van der Waals surface area contributed by atoms with E-state index in [1.165, 1.54) is 0 Å². The van der Waals surface area contributed by atoms with Gasteiger partial charge < -0.3 is 10.6 Å². The second-order valence-corrected chi connectivity index (χ2v) is 5.37. The van der Waals surface area contributed by atoms with Crippen molar-refractivity contribution in [3.8, 4) is 6.07 Å². The van der Waals surface area contributed by atoms with Crippen LogP contribution in [0.3, 0.4) is 0 Å². The van der Waals surface area contributed by atoms with Crippen molar-refractivity contribution in [3.63, 3.8) is 0 Å². The second-order valence-electron chi connectivity index (χ2n) is 4.96. The predicted molar refractivity (Wildman–Crippen MR) is 82.3 cm³/mol. The number of carbonyl (C=O) groups excluding carboxylic acids is 1. The molecule has 2 aromatic carbocycles. The molecule has 0 aromatic heterocycles. The van der Waals surface area contributed by atoms with Gasteiger partial charge in [0.1, 0.15) is 12.1 Å². The number of anilines is 2. The summed E-state index contributed by atoms with van der Waals surface area (Å²) in [6.45, 7) is 1.98. The summed E-state index contributed by atoms with van der Waals surface area (Å²) in [5.74, 6) is -0.101. The SMILES string of the molecule is Cc1ccc2c(c1)C(Nc1ccc(C#N)c(Cl)c1)C(=O)N2. The number of aryl methyl sites for hydroxylation is 1. The number of hydrogen-bond acceptors (Lipinski definition) is 3. The third-order valence-corrected chi connectivity index (χ3v) is 3.75. The lowest BCUT2D eigenvalue weighted by molar-refractivity contribution is -0.116. The number of fused-ring (bicyclic) bond motifs is 1. The molecular formula is C16H12ClN3O. The lowest BCUT2D eigenvalue weighted by Gasteiger charge is -2.14. The topological polar surface area (TPSA) is 64.9 Å². The van der Waals surface area contributed by atoms with Crippen LogP contribution in [0, 0.1) is 18.3 Å². The van der Waals surface area contributed by atoms with E-state index in [9.17, 15) is 4.79 Å². The van der Waals surface area contributed by atoms with Crippen LogP contribution in [0.15, 0.2) is 36.4 Å². The van der Waals surface area contributed by atoms with Crippen molar-refractivity contribution in [2.45, 2.75) is 13.0 Å². The number of halogens is 1. The van der Waals surface area contributed by atoms with E-state index < -0.39 is 6.04 Å². The number of rotatable bonds is 2. The van der Waals surface area contributed by atoms with E-state index >= 15 is 0 Å². The first-order chi connectivity index (χ1) is 10.1. The molecule has 3 rings (SSSR count). The molecule has 1 aliphatic rings. The average Bonchev–Trinajstić information content (AvgIpc) is 2.75. The quantitative estimate of drug-likeness (QED) is 0.889. The van der Waals surface area contributed by atoms with Crippen LogP contribution in [0.1, 0.15) is 22.7 Å². The minimum Gasteiger partial charge on any atom is -0.370 e. The summed E-state index contributed by atoms with van der Waals surface area (Å²) in [5.41, 5.74) is 3.95. The van der Waals surface area contributed by atoms with Crippen LogP contribution in [0.4, 0.5) is 11.4 Å². The average molecular weight is 298 g/mol. The minimum absolute atomic E-state index is 0.101. The van der Waals surface area contributed by atoms with Crippen molar-refractivity contribution >= 4 is 28.9 Å². The third-order valence-electron chi connectivity index (χ3n) is 3.44. The van der Waals surface area contributed by atoms with Crippen molar-refractivity contribution < 1.29 is 4.79 Å². The Labute approximate surface area is 127 Å². The van der Waals surface area contributed by atoms with E-state index in [0.29, 0.717) is 16.3 Å². The fraction of sp³-hybridized carbons (Fsp3) is 0.125. The largest absolute Gasteiger partial charge is 0.370 e. The van der Waals surface area contributed by atoms with Crippen molar-refractivity contribution in [1.29, 1.82) is 5.26 Å². The minimum atomic E-state index is -0.455. The summed E-state index contributed by atoms with van der Waals surface area (Å²) in [5, 5.41) is 15.2. The maximum Gasteiger partial charge on any atom is 0.251 e. The number of amides is 1. The van der Waals surface area contributed by atoms with Crippen LogP contribution < -0.4 is 10.6 Å². The summed E-state index contributed by atoms with van der Waals surface area (Å²) in [4.78, 5) is 12.1. The summed E-state index contributed by atoms with van der Waals surface area (Å²) < 4.78 is 0. The lowest BCUT2D eigenvalue weighted by atomic mass is 10.0. The molecule has 4 nitrogen and oxygen atoms in total. The normalized spacial score (nSPS) is 16.0. The molecule has 0 fully saturated rings. The van der Waals surface area contributed by atoms with Gasteiger partial charge in [-0.05, 0) is 31.2 Å². The van der Waals surface area contributed by atoms with Crippen molar-refractivity contribution in [3.05, 3.63) is 58.1 Å². The zero-order chi connectivity index (χ0) is 15.0. The number of nitriles is 1. The maximum absolute atomic E-state index is 12.1. The summed E-state index contributed by atoms with van der Waals surface area (Å²) in [6.07, 6.45) is 0. The van der Waals surface area contributed by atoms with Crippen LogP contribution >= 0.6 is 11.6 Å². The van der Waals surface area contributed by atoms with Gasteiger partial charge in [0.2, 0.25) is 0 Å². The highest BCUT2D eigenvalue weighted by atomic mass is 35.5. The van der Waals surface area contributed by atoms with Gasteiger partial charge in [-0.1, -0.05) is 29.3 Å². The van der Waals surface area contributed by atoms with E-state index in [2.05, 4.69) is 10.6 Å². The molecule has 0 saturated heterocycles. The predicted octanol–water partition coefficient (Wildman–Crippen LogP) is 3.63. The monoisotopic (exact) mass is 297 g/mol. The highest BCUT2D eigenvalue weighted by Crippen LogP contribution is 2.34. The molecule has 1 aliphatic heterocycles. The molecule has 0 bridgehead atoms. The molecule has 2 aromatic rings. The maximum atomic E-state index is 12.1. The van der Waals surface area contributed by atoms with Gasteiger partial charge in [-0.25, -0.2) is 0 Å². The molecule has 2 N–H and O–H groups in total. The first-order valence-corrected chi connectivity index (χ1v) is 6.84. The van der Waals surface area contributed by atoms with E-state index in [4.69, 9.17) is 16.9 Å². The molecule has 1 heterocycles. The fourth-order valence-corrected chi connectivity index (χ4v) is 2.61.